The van der Waals surface area contributed by atoms with Crippen molar-refractivity contribution in [1.82, 2.24) is 10.2 Å². The molecule has 2 rings (SSSR count). The molecule has 1 unspecified atom stereocenters. The molecule has 1 aliphatic carbocycles. The maximum Gasteiger partial charge on any atom is 0.0558 e. The van der Waals surface area contributed by atoms with Gasteiger partial charge in [-0.05, 0) is 19.3 Å². The van der Waals surface area contributed by atoms with Gasteiger partial charge in [-0.2, -0.15) is 0 Å². The zero-order chi connectivity index (χ0) is 13.7. The SMILES string of the molecule is CC(C)NCC1(CN(CCO)C2CCC2)CCOC1. The molecule has 0 amide bonds. The van der Waals surface area contributed by atoms with E-state index in [1.54, 1.807) is 0 Å². The van der Waals surface area contributed by atoms with E-state index in [4.69, 9.17) is 4.74 Å². The van der Waals surface area contributed by atoms with Gasteiger partial charge in [0.25, 0.3) is 0 Å². The van der Waals surface area contributed by atoms with E-state index in [1.165, 1.54) is 19.3 Å². The molecule has 0 bridgehead atoms. The molecule has 2 fully saturated rings. The summed E-state index contributed by atoms with van der Waals surface area (Å²) in [5, 5.41) is 12.9. The van der Waals surface area contributed by atoms with E-state index in [-0.39, 0.29) is 12.0 Å². The predicted molar refractivity (Wildman–Crippen MR) is 77.3 cm³/mol. The van der Waals surface area contributed by atoms with E-state index >= 15 is 0 Å². The van der Waals surface area contributed by atoms with Crippen LogP contribution in [0.2, 0.25) is 0 Å². The van der Waals surface area contributed by atoms with E-state index in [0.29, 0.717) is 12.1 Å². The Kier molecular flexibility index (Phi) is 5.63. The highest BCUT2D eigenvalue weighted by molar-refractivity contribution is 4.92. The van der Waals surface area contributed by atoms with E-state index in [0.717, 1.165) is 39.3 Å². The van der Waals surface area contributed by atoms with Crippen LogP contribution in [0.4, 0.5) is 0 Å². The van der Waals surface area contributed by atoms with Gasteiger partial charge in [0.1, 0.15) is 0 Å². The Balaban J connectivity index is 1.93. The fraction of sp³-hybridized carbons (Fsp3) is 1.00. The lowest BCUT2D eigenvalue weighted by Crippen LogP contribution is -2.51. The molecule has 0 spiro atoms. The molecule has 1 saturated carbocycles. The lowest BCUT2D eigenvalue weighted by atomic mass is 9.83. The van der Waals surface area contributed by atoms with Gasteiger partial charge in [0.2, 0.25) is 0 Å². The Bertz CT molecular complexity index is 261. The molecule has 0 aromatic carbocycles. The minimum absolute atomic E-state index is 0.245. The summed E-state index contributed by atoms with van der Waals surface area (Å²) >= 11 is 0. The smallest absolute Gasteiger partial charge is 0.0558 e. The van der Waals surface area contributed by atoms with E-state index in [9.17, 15) is 5.11 Å². The highest BCUT2D eigenvalue weighted by Gasteiger charge is 2.38. The number of ether oxygens (including phenoxy) is 1. The molecule has 1 heterocycles. The molecule has 2 aliphatic rings. The third-order valence-corrected chi connectivity index (χ3v) is 4.59. The summed E-state index contributed by atoms with van der Waals surface area (Å²) in [4.78, 5) is 2.50. The predicted octanol–water partition coefficient (Wildman–Crippen LogP) is 1.24. The summed E-state index contributed by atoms with van der Waals surface area (Å²) < 4.78 is 5.67. The molecule has 0 aromatic rings. The van der Waals surface area contributed by atoms with Gasteiger partial charge in [0.05, 0.1) is 13.2 Å². The van der Waals surface area contributed by atoms with Crippen LogP contribution in [0.3, 0.4) is 0 Å². The Morgan fingerprint density at radius 2 is 2.21 bits per heavy atom. The van der Waals surface area contributed by atoms with Gasteiger partial charge in [-0.1, -0.05) is 20.3 Å². The second-order valence-corrected chi connectivity index (χ2v) is 6.62. The number of aliphatic hydroxyl groups is 1. The number of aliphatic hydroxyl groups excluding tert-OH is 1. The number of rotatable bonds is 8. The molecule has 112 valence electrons. The minimum atomic E-state index is 0.245. The van der Waals surface area contributed by atoms with Crippen molar-refractivity contribution >= 4 is 0 Å². The average molecular weight is 270 g/mol. The molecule has 1 aliphatic heterocycles. The second kappa shape index (κ2) is 7.02. The highest BCUT2D eigenvalue weighted by Crippen LogP contribution is 2.33. The summed E-state index contributed by atoms with van der Waals surface area (Å²) in [5.41, 5.74) is 0.245. The van der Waals surface area contributed by atoms with Crippen LogP contribution in [-0.4, -0.2) is 61.5 Å². The first-order valence-electron chi connectivity index (χ1n) is 7.81. The number of nitrogens with one attached hydrogen (secondary N) is 1. The summed E-state index contributed by atoms with van der Waals surface area (Å²) in [6, 6.07) is 1.22. The van der Waals surface area contributed by atoms with Crippen molar-refractivity contribution < 1.29 is 9.84 Å². The van der Waals surface area contributed by atoms with Crippen molar-refractivity contribution in [3.05, 3.63) is 0 Å². The quantitative estimate of drug-likeness (QED) is 0.696. The highest BCUT2D eigenvalue weighted by atomic mass is 16.5. The fourth-order valence-corrected chi connectivity index (χ4v) is 3.09. The van der Waals surface area contributed by atoms with Gasteiger partial charge in [-0.15, -0.1) is 0 Å². The first-order valence-corrected chi connectivity index (χ1v) is 7.81. The fourth-order valence-electron chi connectivity index (χ4n) is 3.09. The second-order valence-electron chi connectivity index (χ2n) is 6.62. The molecule has 1 saturated heterocycles. The summed E-state index contributed by atoms with van der Waals surface area (Å²) in [6.45, 7) is 9.32. The first kappa shape index (κ1) is 15.2. The van der Waals surface area contributed by atoms with Gasteiger partial charge in [0, 0.05) is 43.7 Å². The lowest BCUT2D eigenvalue weighted by Gasteiger charge is -2.42. The normalized spacial score (nSPS) is 28.3. The molecular formula is C15H30N2O2. The topological polar surface area (TPSA) is 44.7 Å². The monoisotopic (exact) mass is 270 g/mol. The van der Waals surface area contributed by atoms with Crippen molar-refractivity contribution in [2.75, 3.05) is 39.5 Å². The van der Waals surface area contributed by atoms with Crippen molar-refractivity contribution in [3.8, 4) is 0 Å². The van der Waals surface area contributed by atoms with Crippen LogP contribution >= 0.6 is 0 Å². The van der Waals surface area contributed by atoms with Gasteiger partial charge >= 0.3 is 0 Å². The van der Waals surface area contributed by atoms with Crippen molar-refractivity contribution in [1.29, 1.82) is 0 Å². The Hall–Kier alpha value is -0.160. The minimum Gasteiger partial charge on any atom is -0.395 e. The molecule has 19 heavy (non-hydrogen) atoms. The third kappa shape index (κ3) is 4.15. The number of hydrogen-bond acceptors (Lipinski definition) is 4. The number of hydrogen-bond donors (Lipinski definition) is 2. The van der Waals surface area contributed by atoms with Gasteiger partial charge in [0.15, 0.2) is 0 Å². The summed E-state index contributed by atoms with van der Waals surface area (Å²) in [6.07, 6.45) is 5.09. The zero-order valence-electron chi connectivity index (χ0n) is 12.5. The standard InChI is InChI=1S/C15H30N2O2/c1-13(2)16-10-15(6-9-19-12-15)11-17(7-8-18)14-4-3-5-14/h13-14,16,18H,3-12H2,1-2H3. The zero-order valence-corrected chi connectivity index (χ0v) is 12.5. The van der Waals surface area contributed by atoms with Crippen LogP contribution < -0.4 is 5.32 Å². The van der Waals surface area contributed by atoms with Gasteiger partial charge in [-0.25, -0.2) is 0 Å². The van der Waals surface area contributed by atoms with Crippen molar-refractivity contribution in [2.45, 2.75) is 51.6 Å². The van der Waals surface area contributed by atoms with E-state index < -0.39 is 0 Å². The molecular weight excluding hydrogens is 240 g/mol. The van der Waals surface area contributed by atoms with Crippen LogP contribution in [-0.2, 0) is 4.74 Å². The molecule has 2 N–H and O–H groups in total. The molecule has 4 nitrogen and oxygen atoms in total. The maximum atomic E-state index is 9.29. The summed E-state index contributed by atoms with van der Waals surface area (Å²) in [5.74, 6) is 0. The third-order valence-electron chi connectivity index (χ3n) is 4.59. The first-order chi connectivity index (χ1) is 9.15. The number of nitrogens with zero attached hydrogens (tertiary/aromatic N) is 1. The molecule has 0 radical (unpaired) electrons. The van der Waals surface area contributed by atoms with Crippen LogP contribution in [0.5, 0.6) is 0 Å². The van der Waals surface area contributed by atoms with E-state index in [1.807, 2.05) is 0 Å². The van der Waals surface area contributed by atoms with Crippen molar-refractivity contribution in [3.63, 3.8) is 0 Å². The molecule has 0 aromatic heterocycles. The lowest BCUT2D eigenvalue weighted by molar-refractivity contribution is 0.0438. The van der Waals surface area contributed by atoms with Crippen LogP contribution in [0.1, 0.15) is 39.5 Å². The largest absolute Gasteiger partial charge is 0.395 e. The van der Waals surface area contributed by atoms with Crippen LogP contribution in [0.15, 0.2) is 0 Å². The van der Waals surface area contributed by atoms with E-state index in [2.05, 4.69) is 24.1 Å². The van der Waals surface area contributed by atoms with Gasteiger partial charge < -0.3 is 15.2 Å². The van der Waals surface area contributed by atoms with Crippen molar-refractivity contribution in [2.24, 2.45) is 5.41 Å². The molecule has 4 heteroatoms. The Morgan fingerprint density at radius 3 is 2.68 bits per heavy atom. The Labute approximate surface area is 117 Å². The summed E-state index contributed by atoms with van der Waals surface area (Å²) in [7, 11) is 0. The molecule has 1 atom stereocenters. The Morgan fingerprint density at radius 1 is 1.42 bits per heavy atom. The van der Waals surface area contributed by atoms with Crippen LogP contribution in [0.25, 0.3) is 0 Å². The van der Waals surface area contributed by atoms with Gasteiger partial charge in [-0.3, -0.25) is 4.90 Å². The maximum absolute atomic E-state index is 9.29. The average Bonchev–Trinajstić information content (AvgIpc) is 2.74. The van der Waals surface area contributed by atoms with Crippen LogP contribution in [0, 0.1) is 5.41 Å².